The summed E-state index contributed by atoms with van der Waals surface area (Å²) in [4.78, 5) is 17.2. The number of hydrogen-bond donors (Lipinski definition) is 1. The van der Waals surface area contributed by atoms with E-state index < -0.39 is 0 Å². The lowest BCUT2D eigenvalue weighted by Gasteiger charge is -2.39. The van der Waals surface area contributed by atoms with E-state index in [0.29, 0.717) is 13.1 Å². The monoisotopic (exact) mass is 514 g/mol. The highest BCUT2D eigenvalue weighted by Gasteiger charge is 2.29. The number of piperazine rings is 1. The summed E-state index contributed by atoms with van der Waals surface area (Å²) < 4.78 is 1.01. The molecule has 1 aliphatic heterocycles. The second-order valence-electron chi connectivity index (χ2n) is 8.33. The minimum Gasteiger partial charge on any atom is -0.360 e. The number of amides is 1. The van der Waals surface area contributed by atoms with E-state index in [1.165, 1.54) is 17.3 Å². The molecule has 0 atom stereocenters. The van der Waals surface area contributed by atoms with E-state index >= 15 is 0 Å². The number of hydrogen-bond acceptors (Lipinski definition) is 4. The van der Waals surface area contributed by atoms with Crippen molar-refractivity contribution in [2.75, 3.05) is 31.5 Å². The van der Waals surface area contributed by atoms with Gasteiger partial charge < -0.3 is 10.2 Å². The zero-order valence-electron chi connectivity index (χ0n) is 19.1. The van der Waals surface area contributed by atoms with Crippen LogP contribution in [0.5, 0.6) is 0 Å². The number of nitrogens with zero attached hydrogens (tertiary/aromatic N) is 3. The first-order valence-corrected chi connectivity index (χ1v) is 12.1. The van der Waals surface area contributed by atoms with Crippen LogP contribution in [-0.4, -0.2) is 41.9 Å². The van der Waals surface area contributed by atoms with Crippen LogP contribution >= 0.6 is 15.9 Å². The number of anilines is 1. The maximum absolute atomic E-state index is 13.1. The summed E-state index contributed by atoms with van der Waals surface area (Å²) in [6.07, 6.45) is 1.51. The lowest BCUT2D eigenvalue weighted by Crippen LogP contribution is -2.50. The molecular weight excluding hydrogens is 488 g/mol. The van der Waals surface area contributed by atoms with E-state index in [1.807, 2.05) is 37.3 Å². The average Bonchev–Trinajstić information content (AvgIpc) is 2.88. The number of halogens is 1. The number of nitrogens with one attached hydrogen (secondary N) is 1. The zero-order valence-corrected chi connectivity index (χ0v) is 20.7. The minimum absolute atomic E-state index is 0.108. The zero-order chi connectivity index (χ0) is 23.9. The van der Waals surface area contributed by atoms with Crippen LogP contribution in [0.1, 0.15) is 22.7 Å². The van der Waals surface area contributed by atoms with Crippen molar-refractivity contribution < 1.29 is 4.79 Å². The number of carbonyl (C=O) groups is 1. The Balaban J connectivity index is 1.44. The summed E-state index contributed by atoms with van der Waals surface area (Å²) in [6, 6.07) is 28.9. The van der Waals surface area contributed by atoms with E-state index in [4.69, 9.17) is 0 Å². The molecule has 5 nitrogen and oxygen atoms in total. The highest BCUT2D eigenvalue weighted by Crippen LogP contribution is 2.29. The van der Waals surface area contributed by atoms with Gasteiger partial charge in [0, 0.05) is 42.5 Å². The van der Waals surface area contributed by atoms with Crippen molar-refractivity contribution in [1.29, 1.82) is 5.26 Å². The van der Waals surface area contributed by atoms with Crippen molar-refractivity contribution in [3.8, 4) is 6.07 Å². The predicted octanol–water partition coefficient (Wildman–Crippen LogP) is 5.51. The third kappa shape index (κ3) is 5.56. The molecule has 0 radical (unpaired) electrons. The topological polar surface area (TPSA) is 59.4 Å². The van der Waals surface area contributed by atoms with Gasteiger partial charge in [-0.3, -0.25) is 9.69 Å². The van der Waals surface area contributed by atoms with Gasteiger partial charge in [0.1, 0.15) is 11.6 Å². The van der Waals surface area contributed by atoms with E-state index in [0.717, 1.165) is 28.8 Å². The van der Waals surface area contributed by atoms with Gasteiger partial charge >= 0.3 is 0 Å². The van der Waals surface area contributed by atoms with Gasteiger partial charge in [-0.15, -0.1) is 0 Å². The number of rotatable bonds is 6. The first-order valence-electron chi connectivity index (χ1n) is 11.3. The standard InChI is InChI=1S/C28H27BrN4O/c1-21-18-25(12-13-26(21)29)31-20-24(19-30)28(34)33-16-14-32(15-17-33)27(22-8-4-2-5-9-22)23-10-6-3-7-11-23/h2-13,18,20,27,31H,14-17H2,1H3/b24-20-. The number of nitriles is 1. The van der Waals surface area contributed by atoms with Crippen LogP contribution in [0.15, 0.2) is 95.1 Å². The van der Waals surface area contributed by atoms with Crippen molar-refractivity contribution >= 4 is 27.5 Å². The SMILES string of the molecule is Cc1cc(N/C=C(/C#N)C(=O)N2CCN(C(c3ccccc3)c3ccccc3)CC2)ccc1Br. The molecule has 0 bridgehead atoms. The second kappa shape index (κ2) is 11.1. The molecular formula is C28H27BrN4O. The first kappa shape index (κ1) is 23.7. The van der Waals surface area contributed by atoms with Gasteiger partial charge in [-0.05, 0) is 41.8 Å². The molecule has 172 valence electrons. The van der Waals surface area contributed by atoms with Gasteiger partial charge in [-0.2, -0.15) is 5.26 Å². The Morgan fingerprint density at radius 2 is 1.56 bits per heavy atom. The molecule has 1 N–H and O–H groups in total. The van der Waals surface area contributed by atoms with E-state index in [1.54, 1.807) is 4.90 Å². The Morgan fingerprint density at radius 3 is 2.09 bits per heavy atom. The Hall–Kier alpha value is -3.40. The Kier molecular flexibility index (Phi) is 7.79. The lowest BCUT2D eigenvalue weighted by atomic mass is 9.96. The summed E-state index contributed by atoms with van der Waals surface area (Å²) >= 11 is 3.48. The van der Waals surface area contributed by atoms with Crippen molar-refractivity contribution in [1.82, 2.24) is 9.80 Å². The van der Waals surface area contributed by atoms with Crippen LogP contribution in [0, 0.1) is 18.3 Å². The fourth-order valence-electron chi connectivity index (χ4n) is 4.27. The molecule has 1 heterocycles. The fourth-order valence-corrected chi connectivity index (χ4v) is 4.52. The smallest absolute Gasteiger partial charge is 0.266 e. The summed E-state index contributed by atoms with van der Waals surface area (Å²) in [5.74, 6) is -0.237. The summed E-state index contributed by atoms with van der Waals surface area (Å²) in [5.41, 5.74) is 4.49. The Labute approximate surface area is 209 Å². The van der Waals surface area contributed by atoms with Gasteiger partial charge in [0.25, 0.3) is 5.91 Å². The molecule has 0 unspecified atom stereocenters. The Bertz CT molecular complexity index is 1160. The maximum atomic E-state index is 13.1. The predicted molar refractivity (Wildman–Crippen MR) is 139 cm³/mol. The molecule has 1 saturated heterocycles. The third-order valence-corrected chi connectivity index (χ3v) is 6.98. The van der Waals surface area contributed by atoms with Crippen LogP contribution in [0.3, 0.4) is 0 Å². The van der Waals surface area contributed by atoms with E-state index in [-0.39, 0.29) is 17.5 Å². The largest absolute Gasteiger partial charge is 0.360 e. The summed E-state index contributed by atoms with van der Waals surface area (Å²) in [5, 5.41) is 12.7. The molecule has 1 aliphatic rings. The number of carbonyl (C=O) groups excluding carboxylic acids is 1. The lowest BCUT2D eigenvalue weighted by molar-refractivity contribution is -0.128. The van der Waals surface area contributed by atoms with Gasteiger partial charge in [0.05, 0.1) is 6.04 Å². The molecule has 0 saturated carbocycles. The van der Waals surface area contributed by atoms with Gasteiger partial charge in [-0.1, -0.05) is 76.6 Å². The van der Waals surface area contributed by atoms with Gasteiger partial charge in [-0.25, -0.2) is 0 Å². The normalized spacial score (nSPS) is 14.6. The second-order valence-corrected chi connectivity index (χ2v) is 9.18. The highest BCUT2D eigenvalue weighted by atomic mass is 79.9. The quantitative estimate of drug-likeness (QED) is 0.348. The van der Waals surface area contributed by atoms with Crippen LogP contribution in [0.2, 0.25) is 0 Å². The van der Waals surface area contributed by atoms with Gasteiger partial charge in [0.2, 0.25) is 0 Å². The molecule has 3 aromatic carbocycles. The van der Waals surface area contributed by atoms with Gasteiger partial charge in [0.15, 0.2) is 0 Å². The summed E-state index contributed by atoms with van der Waals surface area (Å²) in [7, 11) is 0. The van der Waals surface area contributed by atoms with Crippen molar-refractivity contribution in [2.45, 2.75) is 13.0 Å². The van der Waals surface area contributed by atoms with E-state index in [9.17, 15) is 10.1 Å². The molecule has 3 aromatic rings. The number of benzene rings is 3. The molecule has 4 rings (SSSR count). The third-order valence-electron chi connectivity index (χ3n) is 6.09. The molecule has 1 amide bonds. The maximum Gasteiger partial charge on any atom is 0.266 e. The summed E-state index contributed by atoms with van der Waals surface area (Å²) in [6.45, 7) is 4.61. The first-order chi connectivity index (χ1) is 16.6. The highest BCUT2D eigenvalue weighted by molar-refractivity contribution is 9.10. The van der Waals surface area contributed by atoms with E-state index in [2.05, 4.69) is 80.7 Å². The average molecular weight is 515 g/mol. The van der Waals surface area contributed by atoms with Crippen LogP contribution in [-0.2, 0) is 4.79 Å². The fraction of sp³-hybridized carbons (Fsp3) is 0.214. The molecule has 0 aromatic heterocycles. The van der Waals surface area contributed by atoms with Crippen molar-refractivity contribution in [3.63, 3.8) is 0 Å². The van der Waals surface area contributed by atoms with Crippen LogP contribution < -0.4 is 5.32 Å². The molecule has 6 heteroatoms. The van der Waals surface area contributed by atoms with Crippen LogP contribution in [0.25, 0.3) is 0 Å². The van der Waals surface area contributed by atoms with Crippen molar-refractivity contribution in [3.05, 3.63) is 112 Å². The molecule has 34 heavy (non-hydrogen) atoms. The van der Waals surface area contributed by atoms with Crippen LogP contribution in [0.4, 0.5) is 5.69 Å². The van der Waals surface area contributed by atoms with Crippen molar-refractivity contribution in [2.24, 2.45) is 0 Å². The molecule has 0 spiro atoms. The minimum atomic E-state index is -0.237. The molecule has 1 fully saturated rings. The Morgan fingerprint density at radius 1 is 0.971 bits per heavy atom. The molecule has 0 aliphatic carbocycles. The number of aryl methyl sites for hydroxylation is 1.